The van der Waals surface area contributed by atoms with Gasteiger partial charge in [0.05, 0.1) is 12.3 Å². The topological polar surface area (TPSA) is 122 Å². The number of fused-ring (bicyclic) bond motifs is 1. The summed E-state index contributed by atoms with van der Waals surface area (Å²) in [5, 5.41) is 0. The van der Waals surface area contributed by atoms with Crippen molar-refractivity contribution < 1.29 is 14.3 Å². The first-order valence-corrected chi connectivity index (χ1v) is 10.8. The van der Waals surface area contributed by atoms with Crippen LogP contribution in [-0.4, -0.2) is 37.6 Å². The van der Waals surface area contributed by atoms with Crippen LogP contribution in [0.2, 0.25) is 0 Å². The van der Waals surface area contributed by atoms with E-state index in [1.54, 1.807) is 13.0 Å². The monoisotopic (exact) mass is 459 g/mol. The average Bonchev–Trinajstić information content (AvgIpc) is 3.06. The van der Waals surface area contributed by atoms with Crippen LogP contribution in [0, 0.1) is 20.8 Å². The number of aryl methyl sites for hydroxylation is 3. The molecule has 0 fully saturated rings. The van der Waals surface area contributed by atoms with E-state index < -0.39 is 24.1 Å². The number of rotatable bonds is 6. The predicted molar refractivity (Wildman–Crippen MR) is 128 cm³/mol. The van der Waals surface area contributed by atoms with E-state index in [0.717, 1.165) is 21.3 Å². The first-order valence-electron chi connectivity index (χ1n) is 10.8. The number of hydrogen-bond acceptors (Lipinski definition) is 6. The van der Waals surface area contributed by atoms with Crippen LogP contribution >= 0.6 is 0 Å². The Morgan fingerprint density at radius 2 is 1.79 bits per heavy atom. The number of amides is 1. The summed E-state index contributed by atoms with van der Waals surface area (Å²) in [4.78, 5) is 47.4. The highest BCUT2D eigenvalue weighted by atomic mass is 16.5. The van der Waals surface area contributed by atoms with Crippen molar-refractivity contribution in [1.29, 1.82) is 0 Å². The second-order valence-corrected chi connectivity index (χ2v) is 8.08. The number of hydrogen-bond donors (Lipinski definition) is 1. The largest absolute Gasteiger partial charge is 0.465 e. The number of primary amides is 1. The van der Waals surface area contributed by atoms with Gasteiger partial charge in [-0.15, -0.1) is 0 Å². The second-order valence-electron chi connectivity index (χ2n) is 8.08. The summed E-state index contributed by atoms with van der Waals surface area (Å²) >= 11 is 0. The summed E-state index contributed by atoms with van der Waals surface area (Å²) in [6.07, 6.45) is 0. The van der Waals surface area contributed by atoms with Gasteiger partial charge >= 0.3 is 11.7 Å². The highest BCUT2D eigenvalue weighted by Gasteiger charge is 2.26. The molecule has 9 heteroatoms. The molecule has 174 valence electrons. The minimum atomic E-state index is -0.837. The van der Waals surface area contributed by atoms with Crippen molar-refractivity contribution in [2.75, 3.05) is 6.61 Å². The van der Waals surface area contributed by atoms with Gasteiger partial charge in [0.1, 0.15) is 12.1 Å². The Labute approximate surface area is 195 Å². The van der Waals surface area contributed by atoms with Gasteiger partial charge in [0, 0.05) is 5.56 Å². The lowest BCUT2D eigenvalue weighted by Crippen LogP contribution is -2.28. The summed E-state index contributed by atoms with van der Waals surface area (Å²) in [5.41, 5.74) is 9.47. The van der Waals surface area contributed by atoms with Crippen molar-refractivity contribution in [2.24, 2.45) is 5.73 Å². The van der Waals surface area contributed by atoms with Gasteiger partial charge in [-0.25, -0.2) is 19.3 Å². The number of nitrogens with two attached hydrogens (primary N) is 1. The molecule has 0 aliphatic carbocycles. The van der Waals surface area contributed by atoms with E-state index in [2.05, 4.69) is 9.97 Å². The first-order chi connectivity index (χ1) is 16.2. The van der Waals surface area contributed by atoms with E-state index >= 15 is 0 Å². The van der Waals surface area contributed by atoms with Crippen molar-refractivity contribution >= 4 is 23.0 Å². The molecule has 0 saturated heterocycles. The number of imidazole rings is 1. The first kappa shape index (κ1) is 22.9. The van der Waals surface area contributed by atoms with Gasteiger partial charge in [0.25, 0.3) is 5.91 Å². The van der Waals surface area contributed by atoms with Gasteiger partial charge in [0.15, 0.2) is 17.2 Å². The summed E-state index contributed by atoms with van der Waals surface area (Å²) in [6.45, 7) is 7.25. The smallest absolute Gasteiger partial charge is 0.335 e. The molecule has 0 aliphatic rings. The van der Waals surface area contributed by atoms with Crippen LogP contribution < -0.4 is 11.4 Å². The zero-order valence-electron chi connectivity index (χ0n) is 19.5. The van der Waals surface area contributed by atoms with Crippen LogP contribution in [0.3, 0.4) is 0 Å². The molecular formula is C25H25N5O4. The number of esters is 1. The molecule has 4 rings (SSSR count). The molecule has 34 heavy (non-hydrogen) atoms. The van der Waals surface area contributed by atoms with E-state index in [0.29, 0.717) is 11.3 Å². The Hall–Kier alpha value is -4.27. The third kappa shape index (κ3) is 4.07. The second kappa shape index (κ2) is 8.93. The number of benzene rings is 2. The maximum Gasteiger partial charge on any atom is 0.335 e. The fourth-order valence-corrected chi connectivity index (χ4v) is 3.82. The van der Waals surface area contributed by atoms with Crippen molar-refractivity contribution in [3.63, 3.8) is 0 Å². The minimum absolute atomic E-state index is 0.0835. The van der Waals surface area contributed by atoms with E-state index in [9.17, 15) is 14.4 Å². The molecule has 2 aromatic carbocycles. The maximum absolute atomic E-state index is 13.6. The number of aromatic nitrogens is 4. The molecule has 9 nitrogen and oxygen atoms in total. The van der Waals surface area contributed by atoms with Gasteiger partial charge in [0.2, 0.25) is 0 Å². The molecule has 0 saturated carbocycles. The van der Waals surface area contributed by atoms with Crippen LogP contribution in [0.1, 0.15) is 34.1 Å². The molecule has 0 unspecified atom stereocenters. The highest BCUT2D eigenvalue weighted by Crippen LogP contribution is 2.25. The van der Waals surface area contributed by atoms with Crippen molar-refractivity contribution in [3.05, 3.63) is 75.3 Å². The summed E-state index contributed by atoms with van der Waals surface area (Å²) in [6, 6.07) is 13.0. The fourth-order valence-electron chi connectivity index (χ4n) is 3.82. The Kier molecular flexibility index (Phi) is 6.02. The molecule has 0 atom stereocenters. The van der Waals surface area contributed by atoms with Crippen LogP contribution in [0.4, 0.5) is 0 Å². The van der Waals surface area contributed by atoms with Gasteiger partial charge in [-0.2, -0.15) is 0 Å². The van der Waals surface area contributed by atoms with Crippen LogP contribution in [0.15, 0.2) is 47.3 Å². The summed E-state index contributed by atoms with van der Waals surface area (Å²) < 4.78 is 7.55. The number of nitrogens with zero attached hydrogens (tertiary/aromatic N) is 4. The van der Waals surface area contributed by atoms with Crippen molar-refractivity contribution in [1.82, 2.24) is 19.1 Å². The highest BCUT2D eigenvalue weighted by molar-refractivity contribution is 6.02. The Morgan fingerprint density at radius 3 is 2.44 bits per heavy atom. The minimum Gasteiger partial charge on any atom is -0.465 e. The fraction of sp³-hybridized carbons (Fsp3) is 0.240. The lowest BCUT2D eigenvalue weighted by Gasteiger charge is -2.09. The Bertz CT molecular complexity index is 1500. The molecular weight excluding hydrogens is 434 g/mol. The lowest BCUT2D eigenvalue weighted by atomic mass is 10.1. The SMILES string of the molecule is CCOC(=O)Cn1c(=O)n(-c2ccc(C)c(C)c2)c2nc(-c3cccc(C)c3)nc(C(N)=O)c21. The molecule has 0 bridgehead atoms. The Morgan fingerprint density at radius 1 is 1.03 bits per heavy atom. The molecule has 2 heterocycles. The van der Waals surface area contributed by atoms with Crippen molar-refractivity contribution in [2.45, 2.75) is 34.2 Å². The quantitative estimate of drug-likeness (QED) is 0.443. The molecule has 0 spiro atoms. The summed E-state index contributed by atoms with van der Waals surface area (Å²) in [5.74, 6) is -1.21. The number of ether oxygens (including phenoxy) is 1. The van der Waals surface area contributed by atoms with Crippen LogP contribution in [0.5, 0.6) is 0 Å². The zero-order chi connectivity index (χ0) is 24.6. The summed E-state index contributed by atoms with van der Waals surface area (Å²) in [7, 11) is 0. The van der Waals surface area contributed by atoms with E-state index in [-0.39, 0.29) is 29.3 Å². The van der Waals surface area contributed by atoms with Gasteiger partial charge in [-0.05, 0) is 57.0 Å². The molecule has 4 aromatic rings. The third-order valence-electron chi connectivity index (χ3n) is 5.62. The van der Waals surface area contributed by atoms with E-state index in [1.807, 2.05) is 57.2 Å². The lowest BCUT2D eigenvalue weighted by molar-refractivity contribution is -0.143. The zero-order valence-corrected chi connectivity index (χ0v) is 19.5. The average molecular weight is 460 g/mol. The van der Waals surface area contributed by atoms with Gasteiger partial charge < -0.3 is 10.5 Å². The molecule has 1 amide bonds. The normalized spacial score (nSPS) is 11.1. The third-order valence-corrected chi connectivity index (χ3v) is 5.62. The number of carbonyl (C=O) groups is 2. The molecule has 2 N–H and O–H groups in total. The van der Waals surface area contributed by atoms with Crippen LogP contribution in [0.25, 0.3) is 28.2 Å². The maximum atomic E-state index is 13.6. The Balaban J connectivity index is 2.11. The van der Waals surface area contributed by atoms with E-state index in [4.69, 9.17) is 10.5 Å². The molecule has 0 aliphatic heterocycles. The van der Waals surface area contributed by atoms with Gasteiger partial charge in [-0.1, -0.05) is 29.8 Å². The molecule has 0 radical (unpaired) electrons. The molecule has 2 aromatic heterocycles. The standard InChI is InChI=1S/C25H25N5O4/c1-5-34-19(31)13-29-21-20(22(26)32)27-23(17-8-6-7-14(2)11-17)28-24(21)30(25(29)33)18-10-9-15(3)16(4)12-18/h6-12H,5,13H2,1-4H3,(H2,26,32). The number of carbonyl (C=O) groups excluding carboxylic acids is 2. The van der Waals surface area contributed by atoms with Crippen molar-refractivity contribution in [3.8, 4) is 17.1 Å². The van der Waals surface area contributed by atoms with Gasteiger partial charge in [-0.3, -0.25) is 14.2 Å². The van der Waals surface area contributed by atoms with E-state index in [1.165, 1.54) is 4.57 Å². The van der Waals surface area contributed by atoms with Crippen LogP contribution in [-0.2, 0) is 16.1 Å². The predicted octanol–water partition coefficient (Wildman–Crippen LogP) is 2.84.